The number of hydrogen-bond donors (Lipinski definition) is 1. The molecule has 1 amide bonds. The molecule has 0 aromatic heterocycles. The van der Waals surface area contributed by atoms with Gasteiger partial charge in [-0.15, -0.1) is 0 Å². The van der Waals surface area contributed by atoms with Gasteiger partial charge in [-0.05, 0) is 50.1 Å². The summed E-state index contributed by atoms with van der Waals surface area (Å²) in [7, 11) is 0. The summed E-state index contributed by atoms with van der Waals surface area (Å²) in [4.78, 5) is 11.8. The smallest absolute Gasteiger partial charge is 0.277 e. The Morgan fingerprint density at radius 1 is 1.17 bits per heavy atom. The van der Waals surface area contributed by atoms with E-state index in [9.17, 15) is 9.18 Å². The van der Waals surface area contributed by atoms with Crippen molar-refractivity contribution in [2.24, 2.45) is 5.10 Å². The quantitative estimate of drug-likeness (QED) is 0.679. The van der Waals surface area contributed by atoms with Crippen LogP contribution in [-0.4, -0.2) is 18.2 Å². The molecule has 2 rings (SSSR count). The molecule has 0 radical (unpaired) electrons. The van der Waals surface area contributed by atoms with Crippen molar-refractivity contribution < 1.29 is 13.9 Å². The maximum Gasteiger partial charge on any atom is 0.277 e. The summed E-state index contributed by atoms with van der Waals surface area (Å²) >= 11 is 0. The molecular weight excluding hydrogens is 295 g/mol. The third-order valence-corrected chi connectivity index (χ3v) is 3.30. The van der Waals surface area contributed by atoms with E-state index >= 15 is 0 Å². The van der Waals surface area contributed by atoms with Crippen LogP contribution in [-0.2, 0) is 4.79 Å². The van der Waals surface area contributed by atoms with Gasteiger partial charge in [-0.3, -0.25) is 4.79 Å². The van der Waals surface area contributed by atoms with E-state index < -0.39 is 0 Å². The fourth-order valence-electron chi connectivity index (χ4n) is 2.04. The van der Waals surface area contributed by atoms with E-state index in [2.05, 4.69) is 10.5 Å². The first kappa shape index (κ1) is 16.7. The molecule has 0 saturated heterocycles. The Hall–Kier alpha value is -2.69. The molecule has 2 aromatic carbocycles. The first-order chi connectivity index (χ1) is 11.0. The van der Waals surface area contributed by atoms with Crippen molar-refractivity contribution in [1.29, 1.82) is 0 Å². The van der Waals surface area contributed by atoms with Crippen LogP contribution < -0.4 is 10.2 Å². The SMILES string of the molecule is C/C(=N/NC(=O)COc1ccc(C)cc1C)c1ccc(F)cc1. The molecule has 0 aliphatic heterocycles. The molecule has 0 aliphatic rings. The average Bonchev–Trinajstić information content (AvgIpc) is 2.52. The normalized spacial score (nSPS) is 11.2. The van der Waals surface area contributed by atoms with E-state index in [0.29, 0.717) is 11.5 Å². The Kier molecular flexibility index (Phi) is 5.46. The van der Waals surface area contributed by atoms with Crippen LogP contribution in [0.3, 0.4) is 0 Å². The monoisotopic (exact) mass is 314 g/mol. The summed E-state index contributed by atoms with van der Waals surface area (Å²) in [6.07, 6.45) is 0. The van der Waals surface area contributed by atoms with Crippen LogP contribution in [0.1, 0.15) is 23.6 Å². The van der Waals surface area contributed by atoms with Crippen LogP contribution in [0, 0.1) is 19.7 Å². The van der Waals surface area contributed by atoms with Crippen LogP contribution in [0.2, 0.25) is 0 Å². The minimum Gasteiger partial charge on any atom is -0.483 e. The molecular formula is C18H19FN2O2. The summed E-state index contributed by atoms with van der Waals surface area (Å²) in [5.74, 6) is 0.00359. The van der Waals surface area contributed by atoms with Gasteiger partial charge >= 0.3 is 0 Å². The third kappa shape index (κ3) is 4.92. The largest absolute Gasteiger partial charge is 0.483 e. The van der Waals surface area contributed by atoms with Gasteiger partial charge in [-0.2, -0.15) is 5.10 Å². The van der Waals surface area contributed by atoms with E-state index in [1.54, 1.807) is 19.1 Å². The molecule has 4 nitrogen and oxygen atoms in total. The van der Waals surface area contributed by atoms with E-state index in [1.807, 2.05) is 32.0 Å². The Morgan fingerprint density at radius 2 is 1.87 bits per heavy atom. The minimum absolute atomic E-state index is 0.121. The standard InChI is InChI=1S/C18H19FN2O2/c1-12-4-9-17(13(2)10-12)23-11-18(22)21-20-14(3)15-5-7-16(19)8-6-15/h4-10H,11H2,1-3H3,(H,21,22)/b20-14-. The molecule has 0 fully saturated rings. The number of amides is 1. The van der Waals surface area contributed by atoms with Crippen molar-refractivity contribution >= 4 is 11.6 Å². The molecule has 0 saturated carbocycles. The zero-order valence-electron chi connectivity index (χ0n) is 13.4. The minimum atomic E-state index is -0.355. The highest BCUT2D eigenvalue weighted by Crippen LogP contribution is 2.18. The van der Waals surface area contributed by atoms with Gasteiger partial charge in [0.05, 0.1) is 5.71 Å². The molecule has 1 N–H and O–H groups in total. The molecule has 0 heterocycles. The zero-order valence-corrected chi connectivity index (χ0v) is 13.4. The van der Waals surface area contributed by atoms with E-state index in [0.717, 1.165) is 16.7 Å². The fraction of sp³-hybridized carbons (Fsp3) is 0.222. The van der Waals surface area contributed by atoms with Gasteiger partial charge in [0, 0.05) is 0 Å². The molecule has 0 atom stereocenters. The lowest BCUT2D eigenvalue weighted by molar-refractivity contribution is -0.123. The van der Waals surface area contributed by atoms with Gasteiger partial charge < -0.3 is 4.74 Å². The molecule has 0 aliphatic carbocycles. The van der Waals surface area contributed by atoms with Crippen molar-refractivity contribution in [1.82, 2.24) is 5.43 Å². The number of aryl methyl sites for hydroxylation is 2. The number of carbonyl (C=O) groups excluding carboxylic acids is 1. The number of benzene rings is 2. The highest BCUT2D eigenvalue weighted by Gasteiger charge is 2.05. The lowest BCUT2D eigenvalue weighted by Crippen LogP contribution is -2.25. The summed E-state index contributed by atoms with van der Waals surface area (Å²) in [5.41, 5.74) is 5.87. The van der Waals surface area contributed by atoms with Crippen molar-refractivity contribution in [3.8, 4) is 5.75 Å². The van der Waals surface area contributed by atoms with Gasteiger partial charge in [0.25, 0.3) is 5.91 Å². The molecule has 2 aromatic rings. The lowest BCUT2D eigenvalue weighted by atomic mass is 10.1. The molecule has 0 spiro atoms. The Morgan fingerprint density at radius 3 is 2.52 bits per heavy atom. The van der Waals surface area contributed by atoms with Gasteiger partial charge in [-0.1, -0.05) is 29.8 Å². The van der Waals surface area contributed by atoms with Gasteiger partial charge in [0.1, 0.15) is 11.6 Å². The molecule has 23 heavy (non-hydrogen) atoms. The summed E-state index contributed by atoms with van der Waals surface area (Å²) < 4.78 is 18.3. The number of ether oxygens (including phenoxy) is 1. The van der Waals surface area contributed by atoms with E-state index in [1.165, 1.54) is 12.1 Å². The second-order valence-corrected chi connectivity index (χ2v) is 5.30. The van der Waals surface area contributed by atoms with Crippen molar-refractivity contribution in [3.63, 3.8) is 0 Å². The first-order valence-corrected chi connectivity index (χ1v) is 7.25. The fourth-order valence-corrected chi connectivity index (χ4v) is 2.04. The van der Waals surface area contributed by atoms with Gasteiger partial charge in [-0.25, -0.2) is 9.82 Å². The van der Waals surface area contributed by atoms with Crippen LogP contribution >= 0.6 is 0 Å². The molecule has 120 valence electrons. The third-order valence-electron chi connectivity index (χ3n) is 3.30. The maximum atomic E-state index is 12.9. The topological polar surface area (TPSA) is 50.7 Å². The first-order valence-electron chi connectivity index (χ1n) is 7.25. The molecule has 5 heteroatoms. The predicted octanol–water partition coefficient (Wildman–Crippen LogP) is 3.36. The van der Waals surface area contributed by atoms with Crippen LogP contribution in [0.25, 0.3) is 0 Å². The Balaban J connectivity index is 1.89. The molecule has 0 bridgehead atoms. The van der Waals surface area contributed by atoms with Crippen molar-refractivity contribution in [2.75, 3.05) is 6.61 Å². The van der Waals surface area contributed by atoms with Crippen LogP contribution in [0.15, 0.2) is 47.6 Å². The average molecular weight is 314 g/mol. The second-order valence-electron chi connectivity index (χ2n) is 5.30. The van der Waals surface area contributed by atoms with Crippen LogP contribution in [0.5, 0.6) is 5.75 Å². The Bertz CT molecular complexity index is 724. The number of hydrazone groups is 1. The van der Waals surface area contributed by atoms with Gasteiger partial charge in [0.2, 0.25) is 0 Å². The van der Waals surface area contributed by atoms with Crippen molar-refractivity contribution in [2.45, 2.75) is 20.8 Å². The number of hydrogen-bond acceptors (Lipinski definition) is 3. The number of carbonyl (C=O) groups is 1. The number of nitrogens with one attached hydrogen (secondary N) is 1. The van der Waals surface area contributed by atoms with Gasteiger partial charge in [0.15, 0.2) is 6.61 Å². The summed E-state index contributed by atoms with van der Waals surface area (Å²) in [5, 5.41) is 3.99. The summed E-state index contributed by atoms with van der Waals surface area (Å²) in [6, 6.07) is 11.7. The number of rotatable bonds is 5. The van der Waals surface area contributed by atoms with Crippen LogP contribution in [0.4, 0.5) is 4.39 Å². The van der Waals surface area contributed by atoms with E-state index in [-0.39, 0.29) is 18.3 Å². The summed E-state index contributed by atoms with van der Waals surface area (Å²) in [6.45, 7) is 5.54. The Labute approximate surface area is 135 Å². The maximum absolute atomic E-state index is 12.9. The highest BCUT2D eigenvalue weighted by atomic mass is 19.1. The number of nitrogens with zero attached hydrogens (tertiary/aromatic N) is 1. The van der Waals surface area contributed by atoms with Crippen molar-refractivity contribution in [3.05, 3.63) is 65.0 Å². The zero-order chi connectivity index (χ0) is 16.8. The second kappa shape index (κ2) is 7.54. The predicted molar refractivity (Wildman–Crippen MR) is 88.2 cm³/mol. The lowest BCUT2D eigenvalue weighted by Gasteiger charge is -2.09. The van der Waals surface area contributed by atoms with E-state index in [4.69, 9.17) is 4.74 Å². The molecule has 0 unspecified atom stereocenters. The number of halogens is 1. The highest BCUT2D eigenvalue weighted by molar-refractivity contribution is 5.99.